The summed E-state index contributed by atoms with van der Waals surface area (Å²) in [5, 5.41) is 4.84. The zero-order valence-corrected chi connectivity index (χ0v) is 14.3. The summed E-state index contributed by atoms with van der Waals surface area (Å²) in [6, 6.07) is 6.57. The van der Waals surface area contributed by atoms with Crippen molar-refractivity contribution in [3.8, 4) is 0 Å². The summed E-state index contributed by atoms with van der Waals surface area (Å²) < 4.78 is 6.28. The van der Waals surface area contributed by atoms with Crippen molar-refractivity contribution in [3.63, 3.8) is 0 Å². The fourth-order valence-corrected chi connectivity index (χ4v) is 2.73. The Balaban J connectivity index is 2.47. The van der Waals surface area contributed by atoms with Gasteiger partial charge in [-0.3, -0.25) is 0 Å². The van der Waals surface area contributed by atoms with Gasteiger partial charge in [-0.25, -0.2) is 0 Å². The van der Waals surface area contributed by atoms with Crippen LogP contribution in [0.4, 0.5) is 0 Å². The van der Waals surface area contributed by atoms with Crippen molar-refractivity contribution in [2.45, 2.75) is 72.4 Å². The molecule has 1 aromatic carbocycles. The van der Waals surface area contributed by atoms with E-state index in [-0.39, 0.29) is 5.54 Å². The molecule has 116 valence electrons. The Bertz CT molecular complexity index is 604. The smallest absolute Gasteiger partial charge is 0.138 e. The third-order valence-electron chi connectivity index (χ3n) is 4.21. The maximum atomic E-state index is 6.28. The summed E-state index contributed by atoms with van der Waals surface area (Å²) in [5.74, 6) is 1.63. The molecule has 0 amide bonds. The number of aryl methyl sites for hydroxylation is 1. The third kappa shape index (κ3) is 3.49. The molecule has 2 rings (SSSR count). The standard InChI is InChI=1S/C19H29NO/c1-7-13(3)15-10-9-11-16-14(8-2)17(21-18(15)16)12-20-19(4,5)6/h9-11,13,20H,7-8,12H2,1-6H3. The van der Waals surface area contributed by atoms with Crippen molar-refractivity contribution in [2.75, 3.05) is 0 Å². The number of benzene rings is 1. The van der Waals surface area contributed by atoms with E-state index >= 15 is 0 Å². The lowest BCUT2D eigenvalue weighted by atomic mass is 9.96. The number of para-hydroxylation sites is 1. The van der Waals surface area contributed by atoms with E-state index in [4.69, 9.17) is 4.42 Å². The monoisotopic (exact) mass is 287 g/mol. The second-order valence-electron chi connectivity index (χ2n) is 6.99. The summed E-state index contributed by atoms with van der Waals surface area (Å²) in [6.07, 6.45) is 2.15. The van der Waals surface area contributed by atoms with Crippen molar-refractivity contribution >= 4 is 11.0 Å². The number of hydrogen-bond donors (Lipinski definition) is 1. The van der Waals surface area contributed by atoms with E-state index in [0.29, 0.717) is 5.92 Å². The van der Waals surface area contributed by atoms with Crippen LogP contribution in [-0.2, 0) is 13.0 Å². The minimum absolute atomic E-state index is 0.101. The van der Waals surface area contributed by atoms with Crippen molar-refractivity contribution in [2.24, 2.45) is 0 Å². The Hall–Kier alpha value is -1.28. The minimum atomic E-state index is 0.101. The van der Waals surface area contributed by atoms with E-state index < -0.39 is 0 Å². The molecule has 2 nitrogen and oxygen atoms in total. The lowest BCUT2D eigenvalue weighted by Gasteiger charge is -2.19. The molecular formula is C19H29NO. The van der Waals surface area contributed by atoms with Crippen molar-refractivity contribution in [1.29, 1.82) is 0 Å². The van der Waals surface area contributed by atoms with Gasteiger partial charge in [-0.05, 0) is 45.1 Å². The Labute approximate surface area is 128 Å². The highest BCUT2D eigenvalue weighted by molar-refractivity contribution is 5.85. The maximum Gasteiger partial charge on any atom is 0.138 e. The quantitative estimate of drug-likeness (QED) is 0.796. The molecule has 0 bridgehead atoms. The van der Waals surface area contributed by atoms with Crippen LogP contribution in [0, 0.1) is 0 Å². The van der Waals surface area contributed by atoms with Crippen molar-refractivity contribution in [1.82, 2.24) is 5.32 Å². The molecule has 21 heavy (non-hydrogen) atoms. The van der Waals surface area contributed by atoms with E-state index in [2.05, 4.69) is 65.1 Å². The first kappa shape index (κ1) is 16.1. The molecule has 1 aromatic heterocycles. The highest BCUT2D eigenvalue weighted by Crippen LogP contribution is 2.33. The normalized spacial score (nSPS) is 13.8. The molecule has 1 heterocycles. The van der Waals surface area contributed by atoms with Crippen LogP contribution in [0.25, 0.3) is 11.0 Å². The molecule has 0 fully saturated rings. The molecule has 0 aliphatic rings. The van der Waals surface area contributed by atoms with E-state index in [1.165, 1.54) is 16.5 Å². The fraction of sp³-hybridized carbons (Fsp3) is 0.579. The van der Waals surface area contributed by atoms with Crippen LogP contribution in [0.1, 0.15) is 70.8 Å². The number of hydrogen-bond acceptors (Lipinski definition) is 2. The highest BCUT2D eigenvalue weighted by Gasteiger charge is 2.19. The number of rotatable bonds is 5. The Morgan fingerprint density at radius 3 is 2.48 bits per heavy atom. The zero-order chi connectivity index (χ0) is 15.6. The molecule has 2 aromatic rings. The highest BCUT2D eigenvalue weighted by atomic mass is 16.3. The largest absolute Gasteiger partial charge is 0.459 e. The van der Waals surface area contributed by atoms with E-state index in [1.807, 2.05) is 0 Å². The van der Waals surface area contributed by atoms with Gasteiger partial charge in [0, 0.05) is 16.5 Å². The molecule has 1 unspecified atom stereocenters. The molecule has 0 aliphatic carbocycles. The van der Waals surface area contributed by atoms with Gasteiger partial charge in [0.05, 0.1) is 6.54 Å². The average molecular weight is 287 g/mol. The van der Waals surface area contributed by atoms with E-state index in [0.717, 1.165) is 30.7 Å². The van der Waals surface area contributed by atoms with Gasteiger partial charge in [0.15, 0.2) is 0 Å². The van der Waals surface area contributed by atoms with Gasteiger partial charge in [-0.15, -0.1) is 0 Å². The van der Waals surface area contributed by atoms with Gasteiger partial charge < -0.3 is 9.73 Å². The molecular weight excluding hydrogens is 258 g/mol. The predicted molar refractivity (Wildman–Crippen MR) is 90.9 cm³/mol. The average Bonchev–Trinajstić information content (AvgIpc) is 2.80. The van der Waals surface area contributed by atoms with Crippen LogP contribution in [0.15, 0.2) is 22.6 Å². The van der Waals surface area contributed by atoms with Crippen molar-refractivity contribution < 1.29 is 4.42 Å². The first-order valence-electron chi connectivity index (χ1n) is 8.15. The summed E-state index contributed by atoms with van der Waals surface area (Å²) in [6.45, 7) is 14.1. The van der Waals surface area contributed by atoms with Crippen molar-refractivity contribution in [3.05, 3.63) is 35.1 Å². The summed E-state index contributed by atoms with van der Waals surface area (Å²) in [7, 11) is 0. The zero-order valence-electron chi connectivity index (χ0n) is 14.3. The van der Waals surface area contributed by atoms with Crippen LogP contribution in [-0.4, -0.2) is 5.54 Å². The third-order valence-corrected chi connectivity index (χ3v) is 4.21. The van der Waals surface area contributed by atoms with Gasteiger partial charge in [0.1, 0.15) is 11.3 Å². The Morgan fingerprint density at radius 2 is 1.90 bits per heavy atom. The van der Waals surface area contributed by atoms with E-state index in [1.54, 1.807) is 0 Å². The summed E-state index contributed by atoms with van der Waals surface area (Å²) >= 11 is 0. The molecule has 1 atom stereocenters. The summed E-state index contributed by atoms with van der Waals surface area (Å²) in [4.78, 5) is 0. The molecule has 2 heteroatoms. The Morgan fingerprint density at radius 1 is 1.19 bits per heavy atom. The van der Waals surface area contributed by atoms with Crippen LogP contribution >= 0.6 is 0 Å². The van der Waals surface area contributed by atoms with Crippen LogP contribution in [0.5, 0.6) is 0 Å². The Kier molecular flexibility index (Phi) is 4.77. The lowest BCUT2D eigenvalue weighted by Crippen LogP contribution is -2.35. The maximum absolute atomic E-state index is 6.28. The molecule has 0 saturated heterocycles. The number of nitrogens with one attached hydrogen (secondary N) is 1. The molecule has 0 radical (unpaired) electrons. The lowest BCUT2D eigenvalue weighted by molar-refractivity contribution is 0.392. The van der Waals surface area contributed by atoms with Crippen LogP contribution in [0.2, 0.25) is 0 Å². The molecule has 1 N–H and O–H groups in total. The van der Waals surface area contributed by atoms with Gasteiger partial charge >= 0.3 is 0 Å². The van der Waals surface area contributed by atoms with Gasteiger partial charge in [0.25, 0.3) is 0 Å². The number of fused-ring (bicyclic) bond motifs is 1. The van der Waals surface area contributed by atoms with E-state index in [9.17, 15) is 0 Å². The topological polar surface area (TPSA) is 25.2 Å². The second-order valence-corrected chi connectivity index (χ2v) is 6.99. The number of furan rings is 1. The molecule has 0 aliphatic heterocycles. The first-order chi connectivity index (χ1) is 9.87. The minimum Gasteiger partial charge on any atom is -0.459 e. The van der Waals surface area contributed by atoms with Gasteiger partial charge in [-0.1, -0.05) is 39.0 Å². The fourth-order valence-electron chi connectivity index (χ4n) is 2.73. The SMILES string of the molecule is CCc1c(CNC(C)(C)C)oc2c(C(C)CC)cccc12. The molecule has 0 spiro atoms. The van der Waals surface area contributed by atoms with Crippen LogP contribution < -0.4 is 5.32 Å². The molecule has 0 saturated carbocycles. The first-order valence-corrected chi connectivity index (χ1v) is 8.15. The van der Waals surface area contributed by atoms with Crippen LogP contribution in [0.3, 0.4) is 0 Å². The van der Waals surface area contributed by atoms with Gasteiger partial charge in [-0.2, -0.15) is 0 Å². The predicted octanol–water partition coefficient (Wildman–Crippen LogP) is 5.40. The summed E-state index contributed by atoms with van der Waals surface area (Å²) in [5.41, 5.74) is 3.89. The van der Waals surface area contributed by atoms with Gasteiger partial charge in [0.2, 0.25) is 0 Å². The second kappa shape index (κ2) is 6.23.